The largest absolute Gasteiger partial charge is 0.493 e. The zero-order valence-corrected chi connectivity index (χ0v) is 19.3. The van der Waals surface area contributed by atoms with Crippen molar-refractivity contribution in [1.82, 2.24) is 10.3 Å². The number of nitrogens with one attached hydrogen (secondary N) is 1. The molecule has 34 heavy (non-hydrogen) atoms. The lowest BCUT2D eigenvalue weighted by Gasteiger charge is -2.16. The van der Waals surface area contributed by atoms with Gasteiger partial charge in [-0.3, -0.25) is 4.79 Å². The number of ether oxygens (including phenoxy) is 1. The average Bonchev–Trinajstić information content (AvgIpc) is 3.27. The van der Waals surface area contributed by atoms with Crippen molar-refractivity contribution in [2.24, 2.45) is 0 Å². The number of benzene rings is 3. The fourth-order valence-corrected chi connectivity index (χ4v) is 4.93. The fraction of sp³-hybridized carbons (Fsp3) is 0.148. The van der Waals surface area contributed by atoms with Crippen molar-refractivity contribution in [1.29, 1.82) is 0 Å². The minimum absolute atomic E-state index is 0.156. The summed E-state index contributed by atoms with van der Waals surface area (Å²) in [6.07, 6.45) is 0.521. The van der Waals surface area contributed by atoms with Crippen molar-refractivity contribution in [3.63, 3.8) is 0 Å². The molecule has 0 fully saturated rings. The normalized spacial score (nSPS) is 13.3. The minimum Gasteiger partial charge on any atom is -0.493 e. The molecule has 0 spiro atoms. The summed E-state index contributed by atoms with van der Waals surface area (Å²) in [6, 6.07) is 20.6. The highest BCUT2D eigenvalue weighted by atomic mass is 32.1. The second-order valence-corrected chi connectivity index (χ2v) is 9.15. The van der Waals surface area contributed by atoms with Crippen molar-refractivity contribution in [2.75, 3.05) is 6.61 Å². The maximum atomic E-state index is 13.1. The first-order chi connectivity index (χ1) is 16.5. The van der Waals surface area contributed by atoms with E-state index in [9.17, 15) is 14.7 Å². The van der Waals surface area contributed by atoms with E-state index in [1.807, 2.05) is 55.5 Å². The van der Waals surface area contributed by atoms with Gasteiger partial charge in [-0.25, -0.2) is 9.78 Å². The van der Waals surface area contributed by atoms with E-state index in [2.05, 4.69) is 5.32 Å². The van der Waals surface area contributed by atoms with Crippen LogP contribution in [0.4, 0.5) is 0 Å². The summed E-state index contributed by atoms with van der Waals surface area (Å²) in [7, 11) is 0. The fourth-order valence-electron chi connectivity index (χ4n) is 3.90. The van der Waals surface area contributed by atoms with Crippen LogP contribution in [0.3, 0.4) is 0 Å². The molecule has 1 amide bonds. The van der Waals surface area contributed by atoms with Crippen LogP contribution in [-0.4, -0.2) is 28.6 Å². The van der Waals surface area contributed by atoms with E-state index in [4.69, 9.17) is 9.72 Å². The van der Waals surface area contributed by atoms with Gasteiger partial charge in [0, 0.05) is 24.1 Å². The summed E-state index contributed by atoms with van der Waals surface area (Å²) in [6.45, 7) is 2.73. The third-order valence-corrected chi connectivity index (χ3v) is 6.89. The van der Waals surface area contributed by atoms with E-state index in [-0.39, 0.29) is 18.0 Å². The number of aromatic carboxylic acids is 1. The highest BCUT2D eigenvalue weighted by molar-refractivity contribution is 7.17. The molecular formula is C27H22N2O4S. The number of nitrogens with zero attached hydrogens (tertiary/aromatic N) is 1. The van der Waals surface area contributed by atoms with Crippen LogP contribution < -0.4 is 10.1 Å². The predicted octanol–water partition coefficient (Wildman–Crippen LogP) is 5.35. The number of carboxylic acid groups (broad SMARTS) is 1. The number of rotatable bonds is 3. The zero-order chi connectivity index (χ0) is 23.7. The SMILES string of the molecule is Cc1ccc(-c2nc3c(s2)C(=O)NCc2cc(-c4cccc(C(=O)O)c4)ccc2OCC3)cc1. The lowest BCUT2D eigenvalue weighted by Crippen LogP contribution is -2.25. The van der Waals surface area contributed by atoms with Crippen molar-refractivity contribution >= 4 is 23.2 Å². The summed E-state index contributed by atoms with van der Waals surface area (Å²) >= 11 is 1.39. The van der Waals surface area contributed by atoms with Crippen molar-refractivity contribution in [2.45, 2.75) is 19.9 Å². The number of aryl methyl sites for hydroxylation is 1. The van der Waals surface area contributed by atoms with Crippen LogP contribution in [0.1, 0.15) is 36.9 Å². The first kappa shape index (κ1) is 21.9. The Morgan fingerprint density at radius 3 is 2.59 bits per heavy atom. The average molecular weight is 471 g/mol. The first-order valence-electron chi connectivity index (χ1n) is 10.9. The number of amides is 1. The molecule has 0 saturated heterocycles. The molecule has 0 unspecified atom stereocenters. The summed E-state index contributed by atoms with van der Waals surface area (Å²) in [5.41, 5.74) is 5.61. The molecule has 0 saturated carbocycles. The van der Waals surface area contributed by atoms with E-state index in [1.165, 1.54) is 16.9 Å². The van der Waals surface area contributed by atoms with Crippen molar-refractivity contribution in [3.05, 3.63) is 94.0 Å². The monoisotopic (exact) mass is 470 g/mol. The first-order valence-corrected chi connectivity index (χ1v) is 11.7. The second kappa shape index (κ2) is 9.11. The molecule has 3 aromatic carbocycles. The predicted molar refractivity (Wildman–Crippen MR) is 131 cm³/mol. The van der Waals surface area contributed by atoms with Gasteiger partial charge in [0.15, 0.2) is 0 Å². The van der Waals surface area contributed by atoms with Gasteiger partial charge in [0.1, 0.15) is 15.6 Å². The molecule has 1 aliphatic heterocycles. The van der Waals surface area contributed by atoms with E-state index < -0.39 is 5.97 Å². The Bertz CT molecular complexity index is 1390. The molecule has 2 heterocycles. The smallest absolute Gasteiger partial charge is 0.335 e. The van der Waals surface area contributed by atoms with Crippen LogP contribution in [0.15, 0.2) is 66.7 Å². The number of carbonyl (C=O) groups excluding carboxylic acids is 1. The van der Waals surface area contributed by atoms with Crippen LogP contribution in [0, 0.1) is 6.92 Å². The molecule has 0 bridgehead atoms. The molecule has 5 rings (SSSR count). The standard InChI is InChI=1S/C27H22N2O4S/c1-16-5-7-17(8-6-16)26-29-22-11-12-33-23-10-9-19(18-3-2-4-20(13-18)27(31)32)14-21(23)15-28-25(30)24(22)34-26/h2-10,13-14H,11-12,15H2,1H3,(H,28,30)(H,31,32). The Labute approximate surface area is 200 Å². The number of thiazole rings is 1. The third kappa shape index (κ3) is 4.43. The molecular weight excluding hydrogens is 448 g/mol. The van der Waals surface area contributed by atoms with E-state index >= 15 is 0 Å². The van der Waals surface area contributed by atoms with Crippen molar-refractivity contribution in [3.8, 4) is 27.4 Å². The number of fused-ring (bicyclic) bond motifs is 2. The molecule has 0 atom stereocenters. The molecule has 1 aliphatic rings. The molecule has 7 heteroatoms. The van der Waals surface area contributed by atoms with Gasteiger partial charge in [-0.15, -0.1) is 11.3 Å². The number of hydrogen-bond acceptors (Lipinski definition) is 5. The Morgan fingerprint density at radius 2 is 1.79 bits per heavy atom. The highest BCUT2D eigenvalue weighted by Crippen LogP contribution is 2.31. The third-order valence-electron chi connectivity index (χ3n) is 5.74. The van der Waals surface area contributed by atoms with Gasteiger partial charge in [-0.05, 0) is 42.3 Å². The lowest BCUT2D eigenvalue weighted by atomic mass is 10.0. The van der Waals surface area contributed by atoms with Gasteiger partial charge in [-0.2, -0.15) is 0 Å². The van der Waals surface area contributed by atoms with Crippen LogP contribution in [0.2, 0.25) is 0 Å². The Kier molecular flexibility index (Phi) is 5.86. The van der Waals surface area contributed by atoms with Crippen LogP contribution >= 0.6 is 11.3 Å². The molecule has 4 aromatic rings. The van der Waals surface area contributed by atoms with Gasteiger partial charge in [0.25, 0.3) is 5.91 Å². The Morgan fingerprint density at radius 1 is 1.03 bits per heavy atom. The van der Waals surface area contributed by atoms with E-state index in [0.717, 1.165) is 33.0 Å². The van der Waals surface area contributed by atoms with Crippen LogP contribution in [-0.2, 0) is 13.0 Å². The summed E-state index contributed by atoms with van der Waals surface area (Å²) < 4.78 is 6.06. The molecule has 0 radical (unpaired) electrons. The quantitative estimate of drug-likeness (QED) is 0.421. The Hall–Kier alpha value is -3.97. The minimum atomic E-state index is -0.971. The van der Waals surface area contributed by atoms with Gasteiger partial charge in [0.2, 0.25) is 0 Å². The maximum Gasteiger partial charge on any atom is 0.335 e. The van der Waals surface area contributed by atoms with Crippen LogP contribution in [0.25, 0.3) is 21.7 Å². The number of carbonyl (C=O) groups is 2. The van der Waals surface area contributed by atoms with E-state index in [0.29, 0.717) is 23.7 Å². The summed E-state index contributed by atoms with van der Waals surface area (Å²) in [4.78, 5) is 29.7. The van der Waals surface area contributed by atoms with Gasteiger partial charge in [0.05, 0.1) is 17.9 Å². The number of carboxylic acids is 1. The summed E-state index contributed by atoms with van der Waals surface area (Å²) in [5.74, 6) is -0.435. The van der Waals surface area contributed by atoms with Crippen LogP contribution in [0.5, 0.6) is 5.75 Å². The van der Waals surface area contributed by atoms with E-state index in [1.54, 1.807) is 18.2 Å². The van der Waals surface area contributed by atoms with Crippen molar-refractivity contribution < 1.29 is 19.4 Å². The molecule has 0 aliphatic carbocycles. The number of hydrogen-bond donors (Lipinski definition) is 2. The summed E-state index contributed by atoms with van der Waals surface area (Å²) in [5, 5.41) is 13.1. The van der Waals surface area contributed by atoms with Gasteiger partial charge < -0.3 is 15.2 Å². The maximum absolute atomic E-state index is 13.1. The molecule has 170 valence electrons. The molecule has 1 aromatic heterocycles. The zero-order valence-electron chi connectivity index (χ0n) is 18.5. The second-order valence-electron chi connectivity index (χ2n) is 8.15. The Balaban J connectivity index is 1.43. The molecule has 2 N–H and O–H groups in total. The number of aromatic nitrogens is 1. The lowest BCUT2D eigenvalue weighted by molar-refractivity contribution is 0.0696. The highest BCUT2D eigenvalue weighted by Gasteiger charge is 2.21. The van der Waals surface area contributed by atoms with Gasteiger partial charge in [-0.1, -0.05) is 48.0 Å². The molecule has 6 nitrogen and oxygen atoms in total. The topological polar surface area (TPSA) is 88.5 Å². The van der Waals surface area contributed by atoms with Gasteiger partial charge >= 0.3 is 5.97 Å².